The van der Waals surface area contributed by atoms with E-state index in [-0.39, 0.29) is 11.9 Å². The number of methoxy groups -OCH3 is 1. The van der Waals surface area contributed by atoms with E-state index in [2.05, 4.69) is 16.0 Å². The molecule has 0 radical (unpaired) electrons. The number of hydrogen-bond donors (Lipinski definition) is 3. The molecular weight excluding hydrogens is 354 g/mol. The summed E-state index contributed by atoms with van der Waals surface area (Å²) in [5.74, 6) is 0.134. The lowest BCUT2D eigenvalue weighted by atomic mass is 9.95. The molecule has 2 aromatic carbocycles. The predicted molar refractivity (Wildman–Crippen MR) is 100 cm³/mol. The number of halogens is 1. The number of hydrogen-bond acceptors (Lipinski definition) is 3. The van der Waals surface area contributed by atoms with Crippen molar-refractivity contribution in [3.05, 3.63) is 70.4 Å². The third-order valence-corrected chi connectivity index (χ3v) is 4.29. The first kappa shape index (κ1) is 17.8. The first-order valence-electron chi connectivity index (χ1n) is 7.97. The minimum atomic E-state index is -0.560. The topological polar surface area (TPSA) is 79.5 Å². The second-order valence-corrected chi connectivity index (χ2v) is 6.22. The van der Waals surface area contributed by atoms with Crippen LogP contribution in [0.15, 0.2) is 59.8 Å². The van der Waals surface area contributed by atoms with Crippen LogP contribution in [-0.2, 0) is 4.79 Å². The molecule has 0 unspecified atom stereocenters. The molecule has 0 aromatic heterocycles. The highest BCUT2D eigenvalue weighted by Gasteiger charge is 2.31. The fourth-order valence-corrected chi connectivity index (χ4v) is 3.03. The van der Waals surface area contributed by atoms with E-state index >= 15 is 0 Å². The minimum Gasteiger partial charge on any atom is -0.495 e. The molecule has 3 rings (SSSR count). The molecule has 1 aliphatic rings. The maximum absolute atomic E-state index is 13.0. The van der Waals surface area contributed by atoms with Crippen LogP contribution in [0.25, 0.3) is 0 Å². The van der Waals surface area contributed by atoms with Crippen LogP contribution in [-0.4, -0.2) is 19.0 Å². The highest BCUT2D eigenvalue weighted by atomic mass is 35.5. The molecule has 0 saturated carbocycles. The van der Waals surface area contributed by atoms with Crippen molar-refractivity contribution in [3.8, 4) is 5.75 Å². The number of anilines is 1. The normalized spacial score (nSPS) is 16.6. The molecule has 7 heteroatoms. The van der Waals surface area contributed by atoms with Gasteiger partial charge in [-0.1, -0.05) is 41.9 Å². The van der Waals surface area contributed by atoms with Crippen molar-refractivity contribution < 1.29 is 14.3 Å². The van der Waals surface area contributed by atoms with Gasteiger partial charge in [-0.2, -0.15) is 0 Å². The molecule has 26 heavy (non-hydrogen) atoms. The van der Waals surface area contributed by atoms with Crippen molar-refractivity contribution in [3.63, 3.8) is 0 Å². The summed E-state index contributed by atoms with van der Waals surface area (Å²) in [6.45, 7) is 1.69. The molecule has 1 heterocycles. The molecule has 1 atom stereocenters. The van der Waals surface area contributed by atoms with Crippen LogP contribution < -0.4 is 20.7 Å². The van der Waals surface area contributed by atoms with Crippen LogP contribution in [0, 0.1) is 0 Å². The zero-order chi connectivity index (χ0) is 18.7. The first-order valence-corrected chi connectivity index (χ1v) is 8.35. The number of amides is 3. The molecule has 1 aliphatic heterocycles. The van der Waals surface area contributed by atoms with Gasteiger partial charge in [0.15, 0.2) is 0 Å². The van der Waals surface area contributed by atoms with Crippen molar-refractivity contribution in [2.45, 2.75) is 13.0 Å². The number of allylic oxidation sites excluding steroid dienone is 1. The average molecular weight is 372 g/mol. The van der Waals surface area contributed by atoms with Crippen LogP contribution in [0.2, 0.25) is 5.02 Å². The Balaban J connectivity index is 1.97. The summed E-state index contributed by atoms with van der Waals surface area (Å²) in [7, 11) is 1.51. The Morgan fingerprint density at radius 3 is 2.62 bits per heavy atom. The lowest BCUT2D eigenvalue weighted by Gasteiger charge is -2.28. The molecule has 0 fully saturated rings. The summed E-state index contributed by atoms with van der Waals surface area (Å²) in [4.78, 5) is 24.9. The van der Waals surface area contributed by atoms with Gasteiger partial charge in [0.1, 0.15) is 5.75 Å². The van der Waals surface area contributed by atoms with Gasteiger partial charge in [0.25, 0.3) is 5.91 Å². The van der Waals surface area contributed by atoms with Crippen LogP contribution >= 0.6 is 11.6 Å². The lowest BCUT2D eigenvalue weighted by Crippen LogP contribution is -2.45. The quantitative estimate of drug-likeness (QED) is 0.768. The average Bonchev–Trinajstić information content (AvgIpc) is 2.62. The second-order valence-electron chi connectivity index (χ2n) is 5.78. The van der Waals surface area contributed by atoms with Crippen molar-refractivity contribution in [2.75, 3.05) is 12.4 Å². The summed E-state index contributed by atoms with van der Waals surface area (Å²) in [6, 6.07) is 13.4. The molecule has 3 N–H and O–H groups in total. The van der Waals surface area contributed by atoms with Crippen LogP contribution in [0.3, 0.4) is 0 Å². The van der Waals surface area contributed by atoms with Crippen LogP contribution in [0.5, 0.6) is 5.75 Å². The zero-order valence-corrected chi connectivity index (χ0v) is 15.1. The van der Waals surface area contributed by atoms with Gasteiger partial charge < -0.3 is 20.7 Å². The summed E-state index contributed by atoms with van der Waals surface area (Å²) >= 11 is 6.03. The van der Waals surface area contributed by atoms with E-state index in [9.17, 15) is 9.59 Å². The number of carbonyl (C=O) groups excluding carboxylic acids is 2. The molecular formula is C19H18ClN3O3. The van der Waals surface area contributed by atoms with E-state index in [1.165, 1.54) is 7.11 Å². The van der Waals surface area contributed by atoms with Gasteiger partial charge in [-0.3, -0.25) is 4.79 Å². The summed E-state index contributed by atoms with van der Waals surface area (Å²) in [5.41, 5.74) is 2.16. The molecule has 3 amide bonds. The van der Waals surface area contributed by atoms with Gasteiger partial charge in [0.2, 0.25) is 0 Å². The number of rotatable bonds is 4. The maximum Gasteiger partial charge on any atom is 0.319 e. The zero-order valence-electron chi connectivity index (χ0n) is 14.3. The van der Waals surface area contributed by atoms with Crippen molar-refractivity contribution >= 4 is 29.2 Å². The lowest BCUT2D eigenvalue weighted by molar-refractivity contribution is -0.113. The largest absolute Gasteiger partial charge is 0.495 e. The smallest absolute Gasteiger partial charge is 0.319 e. The SMILES string of the molecule is COc1ccc(Cl)cc1NC(=O)C1=C(C)NC(=O)N[C@@H]1c1ccccc1. The monoisotopic (exact) mass is 371 g/mol. The van der Waals surface area contributed by atoms with Gasteiger partial charge in [-0.15, -0.1) is 0 Å². The van der Waals surface area contributed by atoms with Gasteiger partial charge in [-0.25, -0.2) is 4.79 Å². The Morgan fingerprint density at radius 1 is 1.19 bits per heavy atom. The third kappa shape index (κ3) is 3.65. The maximum atomic E-state index is 13.0. The van der Waals surface area contributed by atoms with E-state index in [0.717, 1.165) is 5.56 Å². The number of carbonyl (C=O) groups is 2. The standard InChI is InChI=1S/C19H18ClN3O3/c1-11-16(17(23-19(25)21-11)12-6-4-3-5-7-12)18(24)22-14-10-13(20)8-9-15(14)26-2/h3-10,17H,1-2H3,(H,22,24)(H2,21,23,25)/t17-/m1/s1. The molecule has 0 aliphatic carbocycles. The molecule has 2 aromatic rings. The molecule has 0 spiro atoms. The Labute approximate surface area is 156 Å². The van der Waals surface area contributed by atoms with E-state index < -0.39 is 6.04 Å². The van der Waals surface area contributed by atoms with Gasteiger partial charge >= 0.3 is 6.03 Å². The highest BCUT2D eigenvalue weighted by molar-refractivity contribution is 6.31. The van der Waals surface area contributed by atoms with E-state index in [0.29, 0.717) is 27.7 Å². The van der Waals surface area contributed by atoms with Gasteiger partial charge in [-0.05, 0) is 30.7 Å². The van der Waals surface area contributed by atoms with E-state index in [4.69, 9.17) is 16.3 Å². The van der Waals surface area contributed by atoms with Gasteiger partial charge in [0.05, 0.1) is 24.4 Å². The second kappa shape index (κ2) is 7.49. The van der Waals surface area contributed by atoms with Gasteiger partial charge in [0, 0.05) is 10.7 Å². The molecule has 0 saturated heterocycles. The molecule has 134 valence electrons. The Bertz CT molecular complexity index is 881. The Hall–Kier alpha value is -2.99. The Morgan fingerprint density at radius 2 is 1.92 bits per heavy atom. The van der Waals surface area contributed by atoms with E-state index in [1.54, 1.807) is 25.1 Å². The van der Waals surface area contributed by atoms with Crippen molar-refractivity contribution in [2.24, 2.45) is 0 Å². The third-order valence-electron chi connectivity index (χ3n) is 4.06. The summed E-state index contributed by atoms with van der Waals surface area (Å²) in [5, 5.41) is 8.73. The fraction of sp³-hybridized carbons (Fsp3) is 0.158. The van der Waals surface area contributed by atoms with Crippen LogP contribution in [0.4, 0.5) is 10.5 Å². The predicted octanol–water partition coefficient (Wildman–Crippen LogP) is 3.62. The molecule has 0 bridgehead atoms. The Kier molecular flexibility index (Phi) is 5.14. The van der Waals surface area contributed by atoms with Crippen molar-refractivity contribution in [1.82, 2.24) is 10.6 Å². The number of nitrogens with one attached hydrogen (secondary N) is 3. The van der Waals surface area contributed by atoms with Crippen molar-refractivity contribution in [1.29, 1.82) is 0 Å². The van der Waals surface area contributed by atoms with E-state index in [1.807, 2.05) is 30.3 Å². The van der Waals surface area contributed by atoms with Crippen LogP contribution in [0.1, 0.15) is 18.5 Å². The summed E-state index contributed by atoms with van der Waals surface area (Å²) in [6.07, 6.45) is 0. The number of urea groups is 1. The highest BCUT2D eigenvalue weighted by Crippen LogP contribution is 2.31. The first-order chi connectivity index (χ1) is 12.5. The number of benzene rings is 2. The molecule has 6 nitrogen and oxygen atoms in total. The number of ether oxygens (including phenoxy) is 1. The summed E-state index contributed by atoms with van der Waals surface area (Å²) < 4.78 is 5.27. The fourth-order valence-electron chi connectivity index (χ4n) is 2.86. The minimum absolute atomic E-state index is 0.353.